The number of hydrogen-bond acceptors (Lipinski definition) is 7. The number of carboxylic acids is 2. The molecule has 3 atom stereocenters. The molecule has 164 valence electrons. The maximum absolute atomic E-state index is 12.5. The number of carbonyl (C=O) groups is 6. The lowest BCUT2D eigenvalue weighted by atomic mass is 10.0. The number of primary amides is 1. The van der Waals surface area contributed by atoms with Crippen molar-refractivity contribution in [2.24, 2.45) is 17.4 Å². The van der Waals surface area contributed by atoms with Crippen molar-refractivity contribution in [3.63, 3.8) is 0 Å². The Hall–Kier alpha value is -3.22. The third-order valence-corrected chi connectivity index (χ3v) is 3.52. The quantitative estimate of drug-likeness (QED) is 0.160. The van der Waals surface area contributed by atoms with Crippen molar-refractivity contribution in [1.82, 2.24) is 16.0 Å². The molecule has 4 amide bonds. The molecule has 3 unspecified atom stereocenters. The van der Waals surface area contributed by atoms with Crippen molar-refractivity contribution >= 4 is 35.6 Å². The van der Waals surface area contributed by atoms with Gasteiger partial charge in [-0.3, -0.25) is 28.8 Å². The first-order chi connectivity index (χ1) is 13.3. The second-order valence-corrected chi connectivity index (χ2v) is 6.74. The second-order valence-electron chi connectivity index (χ2n) is 6.74. The summed E-state index contributed by atoms with van der Waals surface area (Å²) < 4.78 is 0. The Balaban J connectivity index is 5.28. The number of nitrogens with one attached hydrogen (secondary N) is 3. The smallest absolute Gasteiger partial charge is 0.322 e. The van der Waals surface area contributed by atoms with Gasteiger partial charge in [-0.1, -0.05) is 13.8 Å². The first-order valence-corrected chi connectivity index (χ1v) is 8.69. The number of rotatable bonds is 13. The molecule has 0 saturated heterocycles. The molecule has 0 rings (SSSR count). The van der Waals surface area contributed by atoms with Crippen LogP contribution in [0.3, 0.4) is 0 Å². The lowest BCUT2D eigenvalue weighted by Crippen LogP contribution is -2.57. The predicted octanol–water partition coefficient (Wildman–Crippen LogP) is -3.12. The van der Waals surface area contributed by atoms with Crippen molar-refractivity contribution in [3.05, 3.63) is 0 Å². The molecule has 0 radical (unpaired) electrons. The van der Waals surface area contributed by atoms with Crippen LogP contribution < -0.4 is 27.4 Å². The molecule has 0 aromatic heterocycles. The summed E-state index contributed by atoms with van der Waals surface area (Å²) in [5.74, 6) is -6.36. The highest BCUT2D eigenvalue weighted by Gasteiger charge is 2.30. The molecule has 0 saturated carbocycles. The monoisotopic (exact) mass is 417 g/mol. The van der Waals surface area contributed by atoms with Crippen LogP contribution in [0.2, 0.25) is 0 Å². The summed E-state index contributed by atoms with van der Waals surface area (Å²) in [6.45, 7) is 2.74. The van der Waals surface area contributed by atoms with E-state index in [1.54, 1.807) is 13.8 Å². The zero-order valence-electron chi connectivity index (χ0n) is 16.1. The average molecular weight is 417 g/mol. The van der Waals surface area contributed by atoms with Gasteiger partial charge in [0.1, 0.15) is 18.6 Å². The molecule has 0 bridgehead atoms. The van der Waals surface area contributed by atoms with Crippen molar-refractivity contribution in [1.29, 1.82) is 0 Å². The minimum Gasteiger partial charge on any atom is -0.481 e. The highest BCUT2D eigenvalue weighted by molar-refractivity contribution is 5.95. The molecule has 29 heavy (non-hydrogen) atoms. The molecule has 13 heteroatoms. The fraction of sp³-hybridized carbons (Fsp3) is 0.625. The molecule has 13 nitrogen and oxygen atoms in total. The summed E-state index contributed by atoms with van der Waals surface area (Å²) >= 11 is 0. The van der Waals surface area contributed by atoms with E-state index in [0.29, 0.717) is 0 Å². The Morgan fingerprint density at radius 1 is 0.828 bits per heavy atom. The van der Waals surface area contributed by atoms with E-state index in [2.05, 4.69) is 10.6 Å². The van der Waals surface area contributed by atoms with Crippen LogP contribution in [0.15, 0.2) is 0 Å². The van der Waals surface area contributed by atoms with Crippen LogP contribution in [0, 0.1) is 5.92 Å². The Morgan fingerprint density at radius 3 is 1.83 bits per heavy atom. The molecule has 0 aromatic carbocycles. The van der Waals surface area contributed by atoms with Crippen LogP contribution in [-0.2, 0) is 28.8 Å². The van der Waals surface area contributed by atoms with Crippen LogP contribution in [0.25, 0.3) is 0 Å². The molecule has 0 heterocycles. The largest absolute Gasteiger partial charge is 0.481 e. The Bertz CT molecular complexity index is 651. The minimum absolute atomic E-state index is 0.0859. The van der Waals surface area contributed by atoms with Gasteiger partial charge in [0, 0.05) is 0 Å². The Morgan fingerprint density at radius 2 is 1.38 bits per heavy atom. The van der Waals surface area contributed by atoms with Gasteiger partial charge in [-0.2, -0.15) is 0 Å². The topological polar surface area (TPSA) is 231 Å². The van der Waals surface area contributed by atoms with E-state index in [1.807, 2.05) is 5.32 Å². The molecule has 0 aliphatic carbocycles. The highest BCUT2D eigenvalue weighted by atomic mass is 16.4. The molecule has 0 aliphatic rings. The van der Waals surface area contributed by atoms with Crippen LogP contribution in [0.4, 0.5) is 0 Å². The number of hydrogen-bond donors (Lipinski definition) is 7. The fourth-order valence-electron chi connectivity index (χ4n) is 2.23. The summed E-state index contributed by atoms with van der Waals surface area (Å²) in [6.07, 6.45) is -1.13. The number of nitrogens with two attached hydrogens (primary N) is 2. The Kier molecular flexibility index (Phi) is 10.9. The highest BCUT2D eigenvalue weighted by Crippen LogP contribution is 2.07. The van der Waals surface area contributed by atoms with E-state index < -0.39 is 73.1 Å². The van der Waals surface area contributed by atoms with E-state index in [4.69, 9.17) is 21.7 Å². The molecule has 0 spiro atoms. The third-order valence-electron chi connectivity index (χ3n) is 3.52. The molecule has 0 aromatic rings. The van der Waals surface area contributed by atoms with Gasteiger partial charge in [0.25, 0.3) is 0 Å². The van der Waals surface area contributed by atoms with E-state index >= 15 is 0 Å². The zero-order valence-corrected chi connectivity index (χ0v) is 16.1. The summed E-state index contributed by atoms with van der Waals surface area (Å²) in [7, 11) is 0. The lowest BCUT2D eigenvalue weighted by Gasteiger charge is -2.24. The molecular weight excluding hydrogens is 390 g/mol. The Labute approximate surface area is 166 Å². The van der Waals surface area contributed by atoms with Gasteiger partial charge < -0.3 is 37.6 Å². The zero-order chi connectivity index (χ0) is 22.7. The lowest BCUT2D eigenvalue weighted by molar-refractivity contribution is -0.141. The van der Waals surface area contributed by atoms with E-state index in [1.165, 1.54) is 0 Å². The number of carboxylic acid groups (broad SMARTS) is 2. The van der Waals surface area contributed by atoms with Gasteiger partial charge in [-0.15, -0.1) is 0 Å². The third kappa shape index (κ3) is 11.3. The number of aliphatic carboxylic acids is 2. The molecule has 0 aliphatic heterocycles. The molecule has 0 fully saturated rings. The van der Waals surface area contributed by atoms with Crippen LogP contribution in [-0.4, -0.2) is 70.5 Å². The van der Waals surface area contributed by atoms with Crippen molar-refractivity contribution in [3.8, 4) is 0 Å². The summed E-state index contributed by atoms with van der Waals surface area (Å²) in [5.41, 5.74) is 10.5. The summed E-state index contributed by atoms with van der Waals surface area (Å²) in [6, 6.07) is -4.03. The van der Waals surface area contributed by atoms with Crippen LogP contribution >= 0.6 is 0 Å². The van der Waals surface area contributed by atoms with Crippen molar-refractivity contribution in [2.45, 2.75) is 51.2 Å². The van der Waals surface area contributed by atoms with Gasteiger partial charge in [0.05, 0.1) is 18.9 Å². The van der Waals surface area contributed by atoms with E-state index in [9.17, 15) is 28.8 Å². The van der Waals surface area contributed by atoms with Gasteiger partial charge in [-0.05, 0) is 12.3 Å². The summed E-state index contributed by atoms with van der Waals surface area (Å²) in [4.78, 5) is 69.0. The normalized spacial score (nSPS) is 13.7. The first kappa shape index (κ1) is 25.8. The second kappa shape index (κ2) is 12.3. The maximum atomic E-state index is 12.5. The van der Waals surface area contributed by atoms with Crippen LogP contribution in [0.5, 0.6) is 0 Å². The van der Waals surface area contributed by atoms with Crippen molar-refractivity contribution < 1.29 is 39.0 Å². The molecular formula is C16H27N5O8. The van der Waals surface area contributed by atoms with Crippen LogP contribution in [0.1, 0.15) is 33.1 Å². The standard InChI is InChI=1S/C16H27N5O8/c1-7(2)3-9(20-14(27)8(17)4-11(18)22)16(29)21-10(5-12(23)24)15(28)19-6-13(25)26/h7-10H,3-6,17H2,1-2H3,(H2,18,22)(H,19,28)(H,20,27)(H,21,29)(H,23,24)(H,25,26). The number of amides is 4. The van der Waals surface area contributed by atoms with Gasteiger partial charge in [0.2, 0.25) is 23.6 Å². The fourth-order valence-corrected chi connectivity index (χ4v) is 2.23. The van der Waals surface area contributed by atoms with E-state index in [-0.39, 0.29) is 12.3 Å². The SMILES string of the molecule is CC(C)CC(NC(=O)C(N)CC(N)=O)C(=O)NC(CC(=O)O)C(=O)NCC(=O)O. The predicted molar refractivity (Wildman–Crippen MR) is 98.0 cm³/mol. The van der Waals surface area contributed by atoms with E-state index in [0.717, 1.165) is 0 Å². The first-order valence-electron chi connectivity index (χ1n) is 8.69. The van der Waals surface area contributed by atoms with Gasteiger partial charge >= 0.3 is 11.9 Å². The van der Waals surface area contributed by atoms with Crippen molar-refractivity contribution in [2.75, 3.05) is 6.54 Å². The van der Waals surface area contributed by atoms with Gasteiger partial charge in [0.15, 0.2) is 0 Å². The number of carbonyl (C=O) groups excluding carboxylic acids is 4. The average Bonchev–Trinajstić information content (AvgIpc) is 2.56. The summed E-state index contributed by atoms with van der Waals surface area (Å²) in [5, 5.41) is 24.0. The minimum atomic E-state index is -1.56. The molecule has 9 N–H and O–H groups in total. The van der Waals surface area contributed by atoms with Gasteiger partial charge in [-0.25, -0.2) is 0 Å². The maximum Gasteiger partial charge on any atom is 0.322 e.